The molecule has 0 aliphatic heterocycles. The van der Waals surface area contributed by atoms with E-state index in [2.05, 4.69) is 15.9 Å². The molecule has 5 nitrogen and oxygen atoms in total. The van der Waals surface area contributed by atoms with Crippen molar-refractivity contribution in [2.75, 3.05) is 26.1 Å². The van der Waals surface area contributed by atoms with E-state index in [4.69, 9.17) is 15.2 Å². The SMILES string of the molecule is COc1ccc(C(=O)CBr)cc1.COc1ccc(C(=O)CN)cc1.Cl. The lowest BCUT2D eigenvalue weighted by Gasteiger charge is -2.00. The number of ketones is 2. The van der Waals surface area contributed by atoms with Crippen LogP contribution in [0.25, 0.3) is 0 Å². The van der Waals surface area contributed by atoms with Crippen molar-refractivity contribution in [1.82, 2.24) is 0 Å². The second kappa shape index (κ2) is 12.5. The van der Waals surface area contributed by atoms with Crippen molar-refractivity contribution >= 4 is 39.9 Å². The van der Waals surface area contributed by atoms with Crippen molar-refractivity contribution < 1.29 is 19.1 Å². The second-order valence-electron chi connectivity index (χ2n) is 4.64. The number of halogens is 2. The van der Waals surface area contributed by atoms with Gasteiger partial charge in [-0.1, -0.05) is 15.9 Å². The van der Waals surface area contributed by atoms with E-state index in [9.17, 15) is 9.59 Å². The van der Waals surface area contributed by atoms with Crippen molar-refractivity contribution in [2.24, 2.45) is 5.73 Å². The lowest BCUT2D eigenvalue weighted by molar-refractivity contribution is 0.0998. The number of ether oxygens (including phenoxy) is 2. The van der Waals surface area contributed by atoms with Gasteiger partial charge in [0.2, 0.25) is 0 Å². The smallest absolute Gasteiger partial charge is 0.176 e. The Kier molecular flexibility index (Phi) is 11.5. The summed E-state index contributed by atoms with van der Waals surface area (Å²) < 4.78 is 9.90. The third kappa shape index (κ3) is 7.69. The molecule has 2 aromatic rings. The van der Waals surface area contributed by atoms with Crippen LogP contribution in [0.5, 0.6) is 11.5 Å². The minimum Gasteiger partial charge on any atom is -0.497 e. The van der Waals surface area contributed by atoms with Gasteiger partial charge in [0.05, 0.1) is 26.1 Å². The van der Waals surface area contributed by atoms with Crippen LogP contribution in [-0.4, -0.2) is 37.7 Å². The Morgan fingerprint density at radius 1 is 0.840 bits per heavy atom. The molecule has 2 N–H and O–H groups in total. The molecule has 25 heavy (non-hydrogen) atoms. The second-order valence-corrected chi connectivity index (χ2v) is 5.20. The van der Waals surface area contributed by atoms with E-state index in [1.807, 2.05) is 0 Å². The Morgan fingerprint density at radius 2 is 1.20 bits per heavy atom. The van der Waals surface area contributed by atoms with Gasteiger partial charge in [0.1, 0.15) is 11.5 Å². The topological polar surface area (TPSA) is 78.6 Å². The zero-order valence-corrected chi connectivity index (χ0v) is 16.4. The van der Waals surface area contributed by atoms with Crippen molar-refractivity contribution in [3.8, 4) is 11.5 Å². The van der Waals surface area contributed by atoms with E-state index in [1.54, 1.807) is 62.8 Å². The van der Waals surface area contributed by atoms with Crippen LogP contribution >= 0.6 is 28.3 Å². The predicted molar refractivity (Wildman–Crippen MR) is 105 cm³/mol. The van der Waals surface area contributed by atoms with Crippen LogP contribution in [-0.2, 0) is 0 Å². The van der Waals surface area contributed by atoms with Crippen molar-refractivity contribution in [2.45, 2.75) is 0 Å². The number of benzene rings is 2. The first-order valence-electron chi connectivity index (χ1n) is 7.16. The molecule has 0 spiro atoms. The molecule has 0 unspecified atom stereocenters. The monoisotopic (exact) mass is 429 g/mol. The molecule has 0 bridgehead atoms. The number of carbonyl (C=O) groups excluding carboxylic acids is 2. The number of rotatable bonds is 6. The largest absolute Gasteiger partial charge is 0.497 e. The zero-order valence-electron chi connectivity index (χ0n) is 14.0. The van der Waals surface area contributed by atoms with Crippen LogP contribution in [0.2, 0.25) is 0 Å². The molecule has 2 rings (SSSR count). The van der Waals surface area contributed by atoms with Crippen LogP contribution in [0, 0.1) is 0 Å². The van der Waals surface area contributed by atoms with Crippen LogP contribution in [0.15, 0.2) is 48.5 Å². The molecule has 7 heteroatoms. The molecule has 0 fully saturated rings. The number of alkyl halides is 1. The lowest BCUT2D eigenvalue weighted by Crippen LogP contribution is -2.13. The minimum atomic E-state index is -0.0577. The number of nitrogens with two attached hydrogens (primary N) is 1. The Hall–Kier alpha value is -1.89. The third-order valence-electron chi connectivity index (χ3n) is 3.13. The van der Waals surface area contributed by atoms with E-state index in [0.717, 1.165) is 11.5 Å². The molecule has 0 saturated carbocycles. The maximum absolute atomic E-state index is 11.1. The quantitative estimate of drug-likeness (QED) is 0.560. The number of Topliss-reactive ketones (excluding diaryl/α,β-unsaturated/α-hetero) is 2. The average Bonchev–Trinajstić information content (AvgIpc) is 2.67. The number of carbonyl (C=O) groups is 2. The molecule has 136 valence electrons. The first kappa shape index (κ1) is 23.1. The van der Waals surface area contributed by atoms with Crippen LogP contribution in [0.1, 0.15) is 20.7 Å². The molecule has 2 aromatic carbocycles. The van der Waals surface area contributed by atoms with Crippen molar-refractivity contribution in [3.05, 3.63) is 59.7 Å². The number of hydrogen-bond acceptors (Lipinski definition) is 5. The molecule has 0 saturated heterocycles. The molecule has 0 aromatic heterocycles. The van der Waals surface area contributed by atoms with Gasteiger partial charge < -0.3 is 15.2 Å². The molecule has 0 aliphatic carbocycles. The highest BCUT2D eigenvalue weighted by Gasteiger charge is 2.02. The van der Waals surface area contributed by atoms with Crippen molar-refractivity contribution in [1.29, 1.82) is 0 Å². The summed E-state index contributed by atoms with van der Waals surface area (Å²) in [4.78, 5) is 22.2. The molecule has 0 heterocycles. The summed E-state index contributed by atoms with van der Waals surface area (Å²) in [6.07, 6.45) is 0. The molecular weight excluding hydrogens is 410 g/mol. The summed E-state index contributed by atoms with van der Waals surface area (Å²) in [7, 11) is 3.18. The van der Waals surface area contributed by atoms with Gasteiger partial charge in [-0.05, 0) is 48.5 Å². The van der Waals surface area contributed by atoms with Crippen LogP contribution < -0.4 is 15.2 Å². The average molecular weight is 431 g/mol. The summed E-state index contributed by atoms with van der Waals surface area (Å²) in [5.41, 5.74) is 6.52. The van der Waals surface area contributed by atoms with Crippen LogP contribution in [0.3, 0.4) is 0 Å². The highest BCUT2D eigenvalue weighted by molar-refractivity contribution is 9.09. The fourth-order valence-electron chi connectivity index (χ4n) is 1.75. The Morgan fingerprint density at radius 3 is 1.48 bits per heavy atom. The van der Waals surface area contributed by atoms with Gasteiger partial charge in [-0.2, -0.15) is 0 Å². The summed E-state index contributed by atoms with van der Waals surface area (Å²) >= 11 is 3.11. The molecule has 0 atom stereocenters. The summed E-state index contributed by atoms with van der Waals surface area (Å²) in [5, 5.41) is 0.360. The van der Waals surface area contributed by atoms with Gasteiger partial charge >= 0.3 is 0 Å². The van der Waals surface area contributed by atoms with E-state index < -0.39 is 0 Å². The highest BCUT2D eigenvalue weighted by atomic mass is 79.9. The molecular formula is C18H21BrClNO4. The Labute approximate surface area is 162 Å². The fraction of sp³-hybridized carbons (Fsp3) is 0.222. The molecule has 0 radical (unpaired) electrons. The Bertz CT molecular complexity index is 600. The van der Waals surface area contributed by atoms with Gasteiger partial charge in [0.25, 0.3) is 0 Å². The fourth-order valence-corrected chi connectivity index (χ4v) is 2.07. The lowest BCUT2D eigenvalue weighted by atomic mass is 10.1. The molecule has 0 amide bonds. The van der Waals surface area contributed by atoms with E-state index in [0.29, 0.717) is 16.5 Å². The molecule has 0 aliphatic rings. The number of hydrogen-bond donors (Lipinski definition) is 1. The van der Waals surface area contributed by atoms with Gasteiger partial charge in [-0.25, -0.2) is 0 Å². The van der Waals surface area contributed by atoms with E-state index >= 15 is 0 Å². The van der Waals surface area contributed by atoms with E-state index in [1.165, 1.54) is 0 Å². The summed E-state index contributed by atoms with van der Waals surface area (Å²) in [5.74, 6) is 1.53. The normalized spacial score (nSPS) is 9.12. The maximum atomic E-state index is 11.1. The minimum absolute atomic E-state index is 0. The van der Waals surface area contributed by atoms with Gasteiger partial charge in [0, 0.05) is 11.1 Å². The highest BCUT2D eigenvalue weighted by Crippen LogP contribution is 2.12. The first-order chi connectivity index (χ1) is 11.5. The van der Waals surface area contributed by atoms with Gasteiger partial charge in [-0.3, -0.25) is 9.59 Å². The Balaban J connectivity index is 0.000000443. The summed E-state index contributed by atoms with van der Waals surface area (Å²) in [6, 6.07) is 13.9. The van der Waals surface area contributed by atoms with Gasteiger partial charge in [0.15, 0.2) is 11.6 Å². The van der Waals surface area contributed by atoms with E-state index in [-0.39, 0.29) is 30.5 Å². The van der Waals surface area contributed by atoms with Crippen molar-refractivity contribution in [3.63, 3.8) is 0 Å². The third-order valence-corrected chi connectivity index (χ3v) is 3.64. The number of methoxy groups -OCH3 is 2. The standard InChI is InChI=1S/C9H9BrO2.C9H11NO2.ClH/c2*1-12-8-4-2-7(3-5-8)9(11)6-10;/h2-5H,6H2,1H3;2-5H,6,10H2,1H3;1H. The maximum Gasteiger partial charge on any atom is 0.176 e. The van der Waals surface area contributed by atoms with Gasteiger partial charge in [-0.15, -0.1) is 12.4 Å². The predicted octanol–water partition coefficient (Wildman–Crippen LogP) is 3.53. The zero-order chi connectivity index (χ0) is 17.9. The van der Waals surface area contributed by atoms with Crippen LogP contribution in [0.4, 0.5) is 0 Å². The summed E-state index contributed by atoms with van der Waals surface area (Å²) in [6.45, 7) is 0.0479. The first-order valence-corrected chi connectivity index (χ1v) is 8.28.